The van der Waals surface area contributed by atoms with Crippen molar-refractivity contribution in [2.45, 2.75) is 24.6 Å². The molecule has 4 rings (SSSR count). The molecule has 2 saturated heterocycles. The number of carbonyl (C=O) groups is 2. The zero-order valence-electron chi connectivity index (χ0n) is 18.2. The summed E-state index contributed by atoms with van der Waals surface area (Å²) in [7, 11) is 3.15. The zero-order valence-corrected chi connectivity index (χ0v) is 19.0. The molecule has 164 valence electrons. The van der Waals surface area contributed by atoms with Gasteiger partial charge in [0, 0.05) is 42.6 Å². The molecule has 2 aliphatic rings. The van der Waals surface area contributed by atoms with Gasteiger partial charge in [-0.3, -0.25) is 9.59 Å². The lowest BCUT2D eigenvalue weighted by Crippen LogP contribution is -2.53. The van der Waals surface area contributed by atoms with Crippen LogP contribution in [0, 0.1) is 6.92 Å². The molecule has 0 bridgehead atoms. The van der Waals surface area contributed by atoms with Gasteiger partial charge in [-0.15, -0.1) is 11.8 Å². The molecule has 0 saturated carbocycles. The summed E-state index contributed by atoms with van der Waals surface area (Å²) >= 11 is 1.85. The highest BCUT2D eigenvalue weighted by Crippen LogP contribution is 2.44. The van der Waals surface area contributed by atoms with Gasteiger partial charge in [0.25, 0.3) is 11.8 Å². The van der Waals surface area contributed by atoms with E-state index < -0.39 is 0 Å². The van der Waals surface area contributed by atoms with Gasteiger partial charge in [-0.1, -0.05) is 17.7 Å². The summed E-state index contributed by atoms with van der Waals surface area (Å²) in [5, 5.41) is 0. The van der Waals surface area contributed by atoms with Crippen molar-refractivity contribution < 1.29 is 19.1 Å². The van der Waals surface area contributed by atoms with E-state index in [9.17, 15) is 9.59 Å². The topological polar surface area (TPSA) is 59.1 Å². The van der Waals surface area contributed by atoms with Crippen molar-refractivity contribution in [3.05, 3.63) is 59.2 Å². The van der Waals surface area contributed by atoms with Crippen LogP contribution in [0.3, 0.4) is 0 Å². The van der Waals surface area contributed by atoms with Crippen molar-refractivity contribution in [1.29, 1.82) is 0 Å². The van der Waals surface area contributed by atoms with E-state index in [1.165, 1.54) is 0 Å². The molecule has 7 heteroatoms. The van der Waals surface area contributed by atoms with E-state index in [0.717, 1.165) is 36.3 Å². The fraction of sp³-hybridized carbons (Fsp3) is 0.417. The van der Waals surface area contributed by atoms with Gasteiger partial charge < -0.3 is 19.3 Å². The van der Waals surface area contributed by atoms with Crippen LogP contribution < -0.4 is 9.47 Å². The Balaban J connectivity index is 1.47. The molecule has 0 N–H and O–H groups in total. The molecule has 6 nitrogen and oxygen atoms in total. The first kappa shape index (κ1) is 21.6. The Morgan fingerprint density at radius 2 is 1.48 bits per heavy atom. The fourth-order valence-electron chi connectivity index (χ4n) is 4.33. The maximum absolute atomic E-state index is 13.2. The van der Waals surface area contributed by atoms with Crippen molar-refractivity contribution in [1.82, 2.24) is 9.80 Å². The minimum absolute atomic E-state index is 0.0357. The Hall–Kier alpha value is -2.67. The number of hydrogen-bond donors (Lipinski definition) is 0. The van der Waals surface area contributed by atoms with Gasteiger partial charge >= 0.3 is 0 Å². The predicted molar refractivity (Wildman–Crippen MR) is 122 cm³/mol. The molecular formula is C24H28N2O4S. The normalized spacial score (nSPS) is 17.6. The average Bonchev–Trinajstić information content (AvgIpc) is 3.21. The fourth-order valence-corrected chi connectivity index (χ4v) is 5.79. The van der Waals surface area contributed by atoms with E-state index >= 15 is 0 Å². The van der Waals surface area contributed by atoms with Crippen LogP contribution in [0.5, 0.6) is 11.5 Å². The molecule has 2 aliphatic heterocycles. The molecule has 2 aromatic carbocycles. The van der Waals surface area contributed by atoms with Gasteiger partial charge in [-0.2, -0.15) is 0 Å². The number of hydrogen-bond acceptors (Lipinski definition) is 5. The van der Waals surface area contributed by atoms with Crippen LogP contribution in [-0.4, -0.2) is 66.1 Å². The second-order valence-corrected chi connectivity index (χ2v) is 9.47. The number of amides is 2. The first-order valence-corrected chi connectivity index (χ1v) is 11.5. The Morgan fingerprint density at radius 3 is 2.06 bits per heavy atom. The Morgan fingerprint density at radius 1 is 0.871 bits per heavy atom. The molecule has 0 unspecified atom stereocenters. The highest BCUT2D eigenvalue weighted by molar-refractivity contribution is 8.00. The number of benzene rings is 2. The van der Waals surface area contributed by atoms with E-state index in [1.807, 2.05) is 52.8 Å². The molecule has 2 fully saturated rings. The first-order chi connectivity index (χ1) is 15.0. The van der Waals surface area contributed by atoms with Crippen LogP contribution in [0.4, 0.5) is 0 Å². The van der Waals surface area contributed by atoms with E-state index in [2.05, 4.69) is 0 Å². The Bertz CT molecular complexity index is 946. The molecule has 0 aliphatic carbocycles. The third kappa shape index (κ3) is 4.24. The highest BCUT2D eigenvalue weighted by atomic mass is 32.2. The number of ether oxygens (including phenoxy) is 2. The van der Waals surface area contributed by atoms with Crippen molar-refractivity contribution in [2.24, 2.45) is 0 Å². The molecular weight excluding hydrogens is 412 g/mol. The summed E-state index contributed by atoms with van der Waals surface area (Å²) in [4.78, 5) is 30.0. The summed E-state index contributed by atoms with van der Waals surface area (Å²) < 4.78 is 10.6. The number of methoxy groups -OCH3 is 2. The van der Waals surface area contributed by atoms with Crippen LogP contribution in [0.15, 0.2) is 42.5 Å². The Kier molecular flexibility index (Phi) is 6.14. The van der Waals surface area contributed by atoms with Crippen molar-refractivity contribution in [2.75, 3.05) is 39.6 Å². The van der Waals surface area contributed by atoms with Gasteiger partial charge in [0.15, 0.2) is 0 Å². The van der Waals surface area contributed by atoms with E-state index in [4.69, 9.17) is 9.47 Å². The molecule has 31 heavy (non-hydrogen) atoms. The number of nitrogens with zero attached hydrogens (tertiary/aromatic N) is 2. The summed E-state index contributed by atoms with van der Waals surface area (Å²) in [5.74, 6) is 2.17. The van der Waals surface area contributed by atoms with Crippen molar-refractivity contribution in [3.63, 3.8) is 0 Å². The largest absolute Gasteiger partial charge is 0.497 e. The molecule has 2 amide bonds. The maximum atomic E-state index is 13.2. The highest BCUT2D eigenvalue weighted by Gasteiger charge is 2.47. The van der Waals surface area contributed by atoms with Gasteiger partial charge in [0.2, 0.25) is 0 Å². The smallest absolute Gasteiger partial charge is 0.254 e. The lowest BCUT2D eigenvalue weighted by molar-refractivity contribution is 0.0497. The second kappa shape index (κ2) is 8.83. The van der Waals surface area contributed by atoms with Gasteiger partial charge in [-0.25, -0.2) is 0 Å². The number of piperidine rings is 1. The minimum Gasteiger partial charge on any atom is -0.497 e. The van der Waals surface area contributed by atoms with Crippen LogP contribution in [0.2, 0.25) is 0 Å². The van der Waals surface area contributed by atoms with Gasteiger partial charge in [-0.05, 0) is 44.0 Å². The number of carbonyl (C=O) groups excluding carboxylic acids is 2. The minimum atomic E-state index is -0.231. The van der Waals surface area contributed by atoms with E-state index in [-0.39, 0.29) is 16.7 Å². The SMILES string of the molecule is COc1cc(OC)cc(C(=O)N2CCC3(CC2)SCCN3C(=O)c2ccc(C)cc2)c1. The zero-order chi connectivity index (χ0) is 22.0. The Labute approximate surface area is 187 Å². The molecule has 0 atom stereocenters. The number of aryl methyl sites for hydroxylation is 1. The summed E-state index contributed by atoms with van der Waals surface area (Å²) in [6, 6.07) is 13.0. The molecule has 2 aromatic rings. The number of thioether (sulfide) groups is 1. The van der Waals surface area contributed by atoms with Crippen molar-refractivity contribution >= 4 is 23.6 Å². The molecule has 0 radical (unpaired) electrons. The van der Waals surface area contributed by atoms with Gasteiger partial charge in [0.05, 0.1) is 19.1 Å². The first-order valence-electron chi connectivity index (χ1n) is 10.5. The van der Waals surface area contributed by atoms with E-state index in [0.29, 0.717) is 30.2 Å². The van der Waals surface area contributed by atoms with Crippen LogP contribution >= 0.6 is 11.8 Å². The summed E-state index contributed by atoms with van der Waals surface area (Å²) in [6.07, 6.45) is 1.53. The lowest BCUT2D eigenvalue weighted by Gasteiger charge is -2.44. The average molecular weight is 441 g/mol. The number of rotatable bonds is 4. The van der Waals surface area contributed by atoms with Crippen LogP contribution in [0.25, 0.3) is 0 Å². The van der Waals surface area contributed by atoms with Crippen molar-refractivity contribution in [3.8, 4) is 11.5 Å². The maximum Gasteiger partial charge on any atom is 0.254 e. The summed E-state index contributed by atoms with van der Waals surface area (Å²) in [6.45, 7) is 4.00. The third-order valence-electron chi connectivity index (χ3n) is 6.15. The predicted octanol–water partition coefficient (Wildman–Crippen LogP) is 3.83. The number of likely N-dealkylation sites (tertiary alicyclic amines) is 1. The van der Waals surface area contributed by atoms with E-state index in [1.54, 1.807) is 32.4 Å². The standard InChI is InChI=1S/C24H28N2O4S/c1-17-4-6-18(7-5-17)23(28)26-12-13-31-24(26)8-10-25(11-9-24)22(27)19-14-20(29-2)16-21(15-19)30-3/h4-7,14-16H,8-13H2,1-3H3. The monoisotopic (exact) mass is 440 g/mol. The molecule has 2 heterocycles. The third-order valence-corrected chi connectivity index (χ3v) is 7.70. The van der Waals surface area contributed by atoms with Crippen LogP contribution in [-0.2, 0) is 0 Å². The van der Waals surface area contributed by atoms with Gasteiger partial charge in [0.1, 0.15) is 11.5 Å². The van der Waals surface area contributed by atoms with Crippen LogP contribution in [0.1, 0.15) is 39.1 Å². The second-order valence-electron chi connectivity index (χ2n) is 8.01. The quantitative estimate of drug-likeness (QED) is 0.723. The lowest BCUT2D eigenvalue weighted by atomic mass is 9.99. The summed E-state index contributed by atoms with van der Waals surface area (Å²) in [5.41, 5.74) is 2.43. The molecule has 1 spiro atoms. The molecule has 0 aromatic heterocycles.